The minimum absolute atomic E-state index is 0.126. The fraction of sp³-hybridized carbons (Fsp3) is 0.211. The highest BCUT2D eigenvalue weighted by molar-refractivity contribution is 5.28. The first-order chi connectivity index (χ1) is 12.7. The molecule has 0 saturated carbocycles. The average Bonchev–Trinajstić information content (AvgIpc) is 2.67. The maximum atomic E-state index is 12.0. The summed E-state index contributed by atoms with van der Waals surface area (Å²) in [4.78, 5) is 26.1. The van der Waals surface area contributed by atoms with Gasteiger partial charge < -0.3 is 9.47 Å². The van der Waals surface area contributed by atoms with Crippen LogP contribution in [-0.2, 0) is 19.6 Å². The molecule has 1 N–H and O–H groups in total. The van der Waals surface area contributed by atoms with Crippen LogP contribution in [0.25, 0.3) is 0 Å². The number of ether oxygens (including phenoxy) is 2. The van der Waals surface area contributed by atoms with Crippen LogP contribution in [0, 0.1) is 0 Å². The van der Waals surface area contributed by atoms with Gasteiger partial charge in [0.25, 0.3) is 5.88 Å². The first-order valence-corrected chi connectivity index (χ1v) is 8.17. The Hall–Kier alpha value is -3.35. The molecule has 0 bridgehead atoms. The Bertz CT molecular complexity index is 980. The maximum absolute atomic E-state index is 12.0. The van der Waals surface area contributed by atoms with Crippen molar-refractivity contribution in [3.63, 3.8) is 0 Å². The molecule has 1 heterocycles. The number of rotatable bonds is 7. The zero-order chi connectivity index (χ0) is 18.4. The van der Waals surface area contributed by atoms with Gasteiger partial charge in [-0.25, -0.2) is 9.48 Å². The van der Waals surface area contributed by atoms with Crippen LogP contribution in [0.1, 0.15) is 11.1 Å². The van der Waals surface area contributed by atoms with E-state index in [1.54, 1.807) is 7.11 Å². The summed E-state index contributed by atoms with van der Waals surface area (Å²) < 4.78 is 11.9. The van der Waals surface area contributed by atoms with Crippen LogP contribution in [0.4, 0.5) is 0 Å². The van der Waals surface area contributed by atoms with Gasteiger partial charge in [-0.3, -0.25) is 9.78 Å². The molecule has 0 aliphatic carbocycles. The molecule has 0 atom stereocenters. The molecule has 0 spiro atoms. The van der Waals surface area contributed by atoms with Crippen LogP contribution in [0.2, 0.25) is 0 Å². The van der Waals surface area contributed by atoms with E-state index >= 15 is 0 Å². The number of methoxy groups -OCH3 is 1. The third-order valence-electron chi connectivity index (χ3n) is 3.83. The van der Waals surface area contributed by atoms with E-state index in [9.17, 15) is 9.59 Å². The molecule has 26 heavy (non-hydrogen) atoms. The summed E-state index contributed by atoms with van der Waals surface area (Å²) in [5.74, 6) is 0.621. The standard InChI is InChI=1S/C19H19N3O4/c1-25-16-9-5-8-14(12-16)10-11-22-19(24)20-17(23)18(21-22)26-13-15-6-3-2-4-7-15/h2-9,12H,10-11,13H2,1H3,(H,20,23,24). The summed E-state index contributed by atoms with van der Waals surface area (Å²) in [5, 5.41) is 4.05. The van der Waals surface area contributed by atoms with Crippen molar-refractivity contribution in [2.24, 2.45) is 0 Å². The van der Waals surface area contributed by atoms with Crippen LogP contribution in [-0.4, -0.2) is 21.9 Å². The lowest BCUT2D eigenvalue weighted by Crippen LogP contribution is -2.33. The summed E-state index contributed by atoms with van der Waals surface area (Å²) in [6.45, 7) is 0.509. The average molecular weight is 353 g/mol. The molecule has 0 unspecified atom stereocenters. The summed E-state index contributed by atoms with van der Waals surface area (Å²) in [6, 6.07) is 17.0. The number of aryl methyl sites for hydroxylation is 2. The summed E-state index contributed by atoms with van der Waals surface area (Å²) in [5.41, 5.74) is 0.701. The lowest BCUT2D eigenvalue weighted by atomic mass is 10.1. The molecule has 7 nitrogen and oxygen atoms in total. The Morgan fingerprint density at radius 1 is 1.04 bits per heavy atom. The van der Waals surface area contributed by atoms with Crippen molar-refractivity contribution >= 4 is 0 Å². The third kappa shape index (κ3) is 4.38. The number of nitrogens with zero attached hydrogens (tertiary/aromatic N) is 2. The number of H-pyrrole nitrogens is 1. The van der Waals surface area contributed by atoms with Gasteiger partial charge in [-0.1, -0.05) is 42.5 Å². The largest absolute Gasteiger partial charge is 0.497 e. The number of benzene rings is 2. The van der Waals surface area contributed by atoms with E-state index in [1.807, 2.05) is 54.6 Å². The highest BCUT2D eigenvalue weighted by atomic mass is 16.5. The van der Waals surface area contributed by atoms with Gasteiger partial charge in [-0.15, -0.1) is 5.10 Å². The van der Waals surface area contributed by atoms with Gasteiger partial charge in [-0.2, -0.15) is 0 Å². The topological polar surface area (TPSA) is 86.2 Å². The molecule has 0 aliphatic heterocycles. The number of nitrogens with one attached hydrogen (secondary N) is 1. The monoisotopic (exact) mass is 353 g/mol. The lowest BCUT2D eigenvalue weighted by molar-refractivity contribution is 0.275. The van der Waals surface area contributed by atoms with Gasteiger partial charge in [0.05, 0.1) is 13.7 Å². The van der Waals surface area contributed by atoms with Crippen molar-refractivity contribution < 1.29 is 9.47 Å². The quantitative estimate of drug-likeness (QED) is 0.699. The summed E-state index contributed by atoms with van der Waals surface area (Å²) in [7, 11) is 1.60. The Kier molecular flexibility index (Phi) is 5.48. The summed E-state index contributed by atoms with van der Waals surface area (Å²) >= 11 is 0. The van der Waals surface area contributed by atoms with Crippen molar-refractivity contribution in [3.8, 4) is 11.6 Å². The third-order valence-corrected chi connectivity index (χ3v) is 3.83. The number of hydrogen-bond acceptors (Lipinski definition) is 5. The second kappa shape index (κ2) is 8.15. The van der Waals surface area contributed by atoms with Crippen LogP contribution in [0.15, 0.2) is 64.2 Å². The Labute approximate surface area is 149 Å². The molecular formula is C19H19N3O4. The van der Waals surface area contributed by atoms with E-state index in [0.29, 0.717) is 13.0 Å². The predicted octanol–water partition coefficient (Wildman–Crippen LogP) is 1.76. The first-order valence-electron chi connectivity index (χ1n) is 8.17. The molecule has 7 heteroatoms. The van der Waals surface area contributed by atoms with E-state index in [1.165, 1.54) is 4.68 Å². The van der Waals surface area contributed by atoms with E-state index in [2.05, 4.69) is 10.1 Å². The Morgan fingerprint density at radius 2 is 1.81 bits per heavy atom. The molecule has 0 amide bonds. The van der Waals surface area contributed by atoms with Gasteiger partial charge in [0.1, 0.15) is 12.4 Å². The zero-order valence-electron chi connectivity index (χ0n) is 14.3. The summed E-state index contributed by atoms with van der Waals surface area (Å²) in [6.07, 6.45) is 0.564. The highest BCUT2D eigenvalue weighted by Crippen LogP contribution is 2.13. The molecule has 1 aromatic heterocycles. The van der Waals surface area contributed by atoms with Crippen molar-refractivity contribution in [3.05, 3.63) is 86.6 Å². The second-order valence-electron chi connectivity index (χ2n) is 5.66. The first kappa shape index (κ1) is 17.5. The van der Waals surface area contributed by atoms with Crippen molar-refractivity contribution in [2.75, 3.05) is 7.11 Å². The van der Waals surface area contributed by atoms with Gasteiger partial charge in [0.2, 0.25) is 0 Å². The van der Waals surface area contributed by atoms with Gasteiger partial charge in [0.15, 0.2) is 0 Å². The number of hydrogen-bond donors (Lipinski definition) is 1. The molecule has 2 aromatic carbocycles. The molecular weight excluding hydrogens is 334 g/mol. The molecule has 0 aliphatic rings. The normalized spacial score (nSPS) is 10.5. The molecule has 3 rings (SSSR count). The Balaban J connectivity index is 1.73. The maximum Gasteiger partial charge on any atom is 0.344 e. The number of aromatic nitrogens is 3. The SMILES string of the molecule is COc1cccc(CCn2nc(OCc3ccccc3)c(=O)[nH]c2=O)c1. The fourth-order valence-corrected chi connectivity index (χ4v) is 2.45. The molecule has 0 radical (unpaired) electrons. The van der Waals surface area contributed by atoms with Crippen LogP contribution < -0.4 is 20.7 Å². The van der Waals surface area contributed by atoms with E-state index in [-0.39, 0.29) is 12.5 Å². The molecule has 0 saturated heterocycles. The fourth-order valence-electron chi connectivity index (χ4n) is 2.45. The van der Waals surface area contributed by atoms with Crippen molar-refractivity contribution in [1.82, 2.24) is 14.8 Å². The molecule has 3 aromatic rings. The van der Waals surface area contributed by atoms with Gasteiger partial charge in [-0.05, 0) is 29.7 Å². The van der Waals surface area contributed by atoms with Crippen molar-refractivity contribution in [2.45, 2.75) is 19.6 Å². The van der Waals surface area contributed by atoms with Crippen LogP contribution in [0.3, 0.4) is 0 Å². The minimum atomic E-state index is -0.636. The lowest BCUT2D eigenvalue weighted by Gasteiger charge is -2.08. The van der Waals surface area contributed by atoms with Crippen molar-refractivity contribution in [1.29, 1.82) is 0 Å². The van der Waals surface area contributed by atoms with Gasteiger partial charge >= 0.3 is 11.2 Å². The van der Waals surface area contributed by atoms with Gasteiger partial charge in [0, 0.05) is 0 Å². The predicted molar refractivity (Wildman–Crippen MR) is 96.6 cm³/mol. The molecule has 134 valence electrons. The smallest absolute Gasteiger partial charge is 0.344 e. The van der Waals surface area contributed by atoms with Crippen LogP contribution >= 0.6 is 0 Å². The second-order valence-corrected chi connectivity index (χ2v) is 5.66. The van der Waals surface area contributed by atoms with Crippen LogP contribution in [0.5, 0.6) is 11.6 Å². The Morgan fingerprint density at radius 3 is 2.58 bits per heavy atom. The van der Waals surface area contributed by atoms with E-state index in [4.69, 9.17) is 9.47 Å². The number of aromatic amines is 1. The highest BCUT2D eigenvalue weighted by Gasteiger charge is 2.09. The molecule has 0 fully saturated rings. The minimum Gasteiger partial charge on any atom is -0.497 e. The van der Waals surface area contributed by atoms with E-state index in [0.717, 1.165) is 16.9 Å². The zero-order valence-corrected chi connectivity index (χ0v) is 14.3. The van der Waals surface area contributed by atoms with E-state index < -0.39 is 11.2 Å².